The molecule has 15 heavy (non-hydrogen) atoms. The lowest BCUT2D eigenvalue weighted by atomic mass is 9.79. The molecule has 1 nitrogen and oxygen atoms in total. The number of hydrogen-bond acceptors (Lipinski definition) is 1. The summed E-state index contributed by atoms with van der Waals surface area (Å²) >= 11 is 0. The van der Waals surface area contributed by atoms with Gasteiger partial charge < -0.3 is 4.90 Å². The second kappa shape index (κ2) is 5.34. The smallest absolute Gasteiger partial charge is 0.000693 e. The zero-order chi connectivity index (χ0) is 10.7. The Labute approximate surface area is 95.2 Å². The summed E-state index contributed by atoms with van der Waals surface area (Å²) in [6.45, 7) is 5.10. The van der Waals surface area contributed by atoms with Gasteiger partial charge in [-0.25, -0.2) is 0 Å². The number of likely N-dealkylation sites (tertiary alicyclic amines) is 1. The van der Waals surface area contributed by atoms with E-state index >= 15 is 0 Å². The van der Waals surface area contributed by atoms with Gasteiger partial charge in [-0.2, -0.15) is 0 Å². The van der Waals surface area contributed by atoms with Gasteiger partial charge in [0.1, 0.15) is 0 Å². The lowest BCUT2D eigenvalue weighted by Gasteiger charge is -2.36. The highest BCUT2D eigenvalue weighted by Crippen LogP contribution is 2.33. The van der Waals surface area contributed by atoms with Gasteiger partial charge in [0, 0.05) is 13.1 Å². The summed E-state index contributed by atoms with van der Waals surface area (Å²) in [6.07, 6.45) is 10.6. The Morgan fingerprint density at radius 1 is 1.00 bits per heavy atom. The molecular weight excluding hydrogens is 182 g/mol. The predicted molar refractivity (Wildman–Crippen MR) is 66.0 cm³/mol. The molecule has 1 saturated heterocycles. The second-order valence-electron chi connectivity index (χ2n) is 6.17. The molecule has 0 aromatic carbocycles. The van der Waals surface area contributed by atoms with E-state index < -0.39 is 0 Å². The third-order valence-corrected chi connectivity index (χ3v) is 4.32. The van der Waals surface area contributed by atoms with Crippen LogP contribution in [0, 0.1) is 17.8 Å². The molecule has 0 N–H and O–H groups in total. The Bertz CT molecular complexity index is 174. The molecule has 2 unspecified atom stereocenters. The van der Waals surface area contributed by atoms with Crippen LogP contribution in [0.1, 0.15) is 51.9 Å². The molecule has 88 valence electrons. The molecule has 0 spiro atoms. The fourth-order valence-electron chi connectivity index (χ4n) is 3.83. The number of nitrogens with zero attached hydrogens (tertiary/aromatic N) is 1. The van der Waals surface area contributed by atoms with Crippen molar-refractivity contribution in [2.45, 2.75) is 51.9 Å². The standard InChI is InChI=1S/C14H27N/c1-12-8-14(11-15(2)10-12)9-13-6-4-3-5-7-13/h12-14H,3-11H2,1-2H3. The second-order valence-corrected chi connectivity index (χ2v) is 6.17. The van der Waals surface area contributed by atoms with Crippen LogP contribution in [0.4, 0.5) is 0 Å². The van der Waals surface area contributed by atoms with Crippen molar-refractivity contribution in [3.05, 3.63) is 0 Å². The molecule has 0 amide bonds. The minimum atomic E-state index is 0.928. The molecule has 0 aromatic rings. The zero-order valence-corrected chi connectivity index (χ0v) is 10.5. The third kappa shape index (κ3) is 3.48. The summed E-state index contributed by atoms with van der Waals surface area (Å²) in [5, 5.41) is 0. The molecule has 1 aliphatic heterocycles. The molecular formula is C14H27N. The fraction of sp³-hybridized carbons (Fsp3) is 1.00. The van der Waals surface area contributed by atoms with Crippen LogP contribution in [-0.2, 0) is 0 Å². The topological polar surface area (TPSA) is 3.24 Å². The average Bonchev–Trinajstić information content (AvgIpc) is 2.17. The molecule has 1 aliphatic carbocycles. The van der Waals surface area contributed by atoms with Gasteiger partial charge in [-0.1, -0.05) is 39.0 Å². The van der Waals surface area contributed by atoms with Gasteiger partial charge in [0.05, 0.1) is 0 Å². The van der Waals surface area contributed by atoms with Gasteiger partial charge in [0.15, 0.2) is 0 Å². The van der Waals surface area contributed by atoms with E-state index in [2.05, 4.69) is 18.9 Å². The molecule has 0 aromatic heterocycles. The highest BCUT2D eigenvalue weighted by molar-refractivity contribution is 4.78. The van der Waals surface area contributed by atoms with Gasteiger partial charge in [-0.15, -0.1) is 0 Å². The van der Waals surface area contributed by atoms with Gasteiger partial charge in [-0.05, 0) is 37.6 Å². The lowest BCUT2D eigenvalue weighted by Crippen LogP contribution is -2.37. The first-order valence-corrected chi connectivity index (χ1v) is 6.92. The van der Waals surface area contributed by atoms with Crippen molar-refractivity contribution >= 4 is 0 Å². The van der Waals surface area contributed by atoms with Crippen molar-refractivity contribution in [2.24, 2.45) is 17.8 Å². The molecule has 2 rings (SSSR count). The van der Waals surface area contributed by atoms with Crippen LogP contribution in [0.15, 0.2) is 0 Å². The first kappa shape index (κ1) is 11.4. The minimum absolute atomic E-state index is 0.928. The summed E-state index contributed by atoms with van der Waals surface area (Å²) < 4.78 is 0. The molecule has 1 heteroatoms. The van der Waals surface area contributed by atoms with E-state index in [0.717, 1.165) is 17.8 Å². The lowest BCUT2D eigenvalue weighted by molar-refractivity contribution is 0.133. The third-order valence-electron chi connectivity index (χ3n) is 4.32. The van der Waals surface area contributed by atoms with Crippen LogP contribution in [0.5, 0.6) is 0 Å². The van der Waals surface area contributed by atoms with Crippen molar-refractivity contribution in [2.75, 3.05) is 20.1 Å². The number of rotatable bonds is 2. The Kier molecular flexibility index (Phi) is 4.07. The number of piperidine rings is 1. The van der Waals surface area contributed by atoms with E-state index in [4.69, 9.17) is 0 Å². The maximum atomic E-state index is 2.54. The summed E-state index contributed by atoms with van der Waals surface area (Å²) in [5.74, 6) is 3.00. The van der Waals surface area contributed by atoms with E-state index in [1.807, 2.05) is 0 Å². The van der Waals surface area contributed by atoms with Crippen molar-refractivity contribution in [1.29, 1.82) is 0 Å². The quantitative estimate of drug-likeness (QED) is 0.672. The normalized spacial score (nSPS) is 35.6. The summed E-state index contributed by atoms with van der Waals surface area (Å²) in [5.41, 5.74) is 0. The fourth-order valence-corrected chi connectivity index (χ4v) is 3.83. The van der Waals surface area contributed by atoms with Gasteiger partial charge >= 0.3 is 0 Å². The number of hydrogen-bond donors (Lipinski definition) is 0. The van der Waals surface area contributed by atoms with Crippen LogP contribution in [0.3, 0.4) is 0 Å². The van der Waals surface area contributed by atoms with Crippen molar-refractivity contribution < 1.29 is 0 Å². The Balaban J connectivity index is 1.77. The van der Waals surface area contributed by atoms with Crippen LogP contribution in [0.25, 0.3) is 0 Å². The first-order chi connectivity index (χ1) is 7.24. The molecule has 2 atom stereocenters. The maximum absolute atomic E-state index is 2.54. The summed E-state index contributed by atoms with van der Waals surface area (Å²) in [4.78, 5) is 2.54. The van der Waals surface area contributed by atoms with E-state index in [-0.39, 0.29) is 0 Å². The Morgan fingerprint density at radius 2 is 1.73 bits per heavy atom. The van der Waals surface area contributed by atoms with Crippen molar-refractivity contribution in [3.8, 4) is 0 Å². The van der Waals surface area contributed by atoms with E-state index in [9.17, 15) is 0 Å². The van der Waals surface area contributed by atoms with Crippen LogP contribution in [-0.4, -0.2) is 25.0 Å². The maximum Gasteiger partial charge on any atom is 0.000693 e. The molecule has 1 saturated carbocycles. The molecule has 0 bridgehead atoms. The van der Waals surface area contributed by atoms with E-state index in [1.165, 1.54) is 58.0 Å². The van der Waals surface area contributed by atoms with Gasteiger partial charge in [-0.3, -0.25) is 0 Å². The highest BCUT2D eigenvalue weighted by atomic mass is 15.1. The Morgan fingerprint density at radius 3 is 2.40 bits per heavy atom. The first-order valence-electron chi connectivity index (χ1n) is 6.92. The van der Waals surface area contributed by atoms with Crippen LogP contribution in [0.2, 0.25) is 0 Å². The largest absolute Gasteiger partial charge is 0.306 e. The van der Waals surface area contributed by atoms with Crippen LogP contribution < -0.4 is 0 Å². The molecule has 2 aliphatic rings. The monoisotopic (exact) mass is 209 g/mol. The average molecular weight is 209 g/mol. The molecule has 0 radical (unpaired) electrons. The van der Waals surface area contributed by atoms with E-state index in [0.29, 0.717) is 0 Å². The SMILES string of the molecule is CC1CC(CC2CCCCC2)CN(C)C1. The van der Waals surface area contributed by atoms with Crippen molar-refractivity contribution in [1.82, 2.24) is 4.90 Å². The van der Waals surface area contributed by atoms with Gasteiger partial charge in [0.2, 0.25) is 0 Å². The Hall–Kier alpha value is -0.0400. The minimum Gasteiger partial charge on any atom is -0.306 e. The van der Waals surface area contributed by atoms with Crippen molar-refractivity contribution in [3.63, 3.8) is 0 Å². The van der Waals surface area contributed by atoms with Gasteiger partial charge in [0.25, 0.3) is 0 Å². The zero-order valence-electron chi connectivity index (χ0n) is 10.5. The molecule has 1 heterocycles. The predicted octanol–water partition coefficient (Wildman–Crippen LogP) is 3.54. The highest BCUT2D eigenvalue weighted by Gasteiger charge is 2.25. The van der Waals surface area contributed by atoms with Crippen LogP contribution >= 0.6 is 0 Å². The summed E-state index contributed by atoms with van der Waals surface area (Å²) in [6, 6.07) is 0. The molecule has 2 fully saturated rings. The van der Waals surface area contributed by atoms with E-state index in [1.54, 1.807) is 0 Å². The summed E-state index contributed by atoms with van der Waals surface area (Å²) in [7, 11) is 2.30.